The number of aliphatic hydroxyl groups excluding tert-OH is 1. The number of fused-ring (bicyclic) bond motifs is 1. The van der Waals surface area contributed by atoms with Crippen LogP contribution in [0, 0.1) is 0 Å². The molecule has 0 amide bonds. The molecule has 0 atom stereocenters. The number of hydrogen-bond donors (Lipinski definition) is 2. The normalized spacial score (nSPS) is 11.7. The van der Waals surface area contributed by atoms with Crippen molar-refractivity contribution in [2.24, 2.45) is 0 Å². The van der Waals surface area contributed by atoms with E-state index >= 15 is 0 Å². The Morgan fingerprint density at radius 1 is 1.24 bits per heavy atom. The summed E-state index contributed by atoms with van der Waals surface area (Å²) in [6.07, 6.45) is 1.69. The van der Waals surface area contributed by atoms with Crippen molar-refractivity contribution in [2.75, 3.05) is 4.72 Å². The third kappa shape index (κ3) is 2.90. The smallest absolute Gasteiger partial charge is 0.271 e. The predicted molar refractivity (Wildman–Crippen MR) is 82.8 cm³/mol. The lowest BCUT2D eigenvalue weighted by Crippen LogP contribution is -2.11. The molecule has 0 aliphatic heterocycles. The molecule has 3 aromatic rings. The Labute approximate surface area is 125 Å². The van der Waals surface area contributed by atoms with Gasteiger partial charge in [-0.1, -0.05) is 6.07 Å². The number of aliphatic hydroxyl groups is 1. The van der Waals surface area contributed by atoms with E-state index in [9.17, 15) is 8.42 Å². The van der Waals surface area contributed by atoms with Crippen molar-refractivity contribution >= 4 is 38.0 Å². The maximum Gasteiger partial charge on any atom is 0.271 e. The van der Waals surface area contributed by atoms with E-state index in [-0.39, 0.29) is 10.8 Å². The average Bonchev–Trinajstić information content (AvgIpc) is 2.96. The molecule has 0 unspecified atom stereocenters. The van der Waals surface area contributed by atoms with Crippen molar-refractivity contribution in [1.29, 1.82) is 0 Å². The van der Waals surface area contributed by atoms with Gasteiger partial charge in [0, 0.05) is 17.3 Å². The number of sulfonamides is 1. The van der Waals surface area contributed by atoms with E-state index in [2.05, 4.69) is 9.71 Å². The van der Waals surface area contributed by atoms with Crippen LogP contribution in [0.2, 0.25) is 0 Å². The minimum absolute atomic E-state index is 0.173. The summed E-state index contributed by atoms with van der Waals surface area (Å²) in [6, 6.07) is 10.3. The summed E-state index contributed by atoms with van der Waals surface area (Å²) in [7, 11) is -3.63. The van der Waals surface area contributed by atoms with Gasteiger partial charge in [0.1, 0.15) is 4.21 Å². The van der Waals surface area contributed by atoms with Crippen LogP contribution < -0.4 is 4.72 Å². The van der Waals surface area contributed by atoms with Crippen LogP contribution >= 0.6 is 11.3 Å². The molecule has 0 aliphatic carbocycles. The molecule has 0 saturated heterocycles. The number of nitrogens with one attached hydrogen (secondary N) is 1. The molecule has 2 N–H and O–H groups in total. The highest BCUT2D eigenvalue weighted by molar-refractivity contribution is 7.94. The summed E-state index contributed by atoms with van der Waals surface area (Å²) in [6.45, 7) is -0.173. The maximum atomic E-state index is 12.3. The van der Waals surface area contributed by atoms with Crippen molar-refractivity contribution in [1.82, 2.24) is 4.98 Å². The van der Waals surface area contributed by atoms with Gasteiger partial charge in [-0.25, -0.2) is 8.42 Å². The Balaban J connectivity index is 1.93. The molecular formula is C14H12N2O3S2. The lowest BCUT2D eigenvalue weighted by atomic mass is 10.2. The largest absolute Gasteiger partial charge is 0.392 e. The number of thiophene rings is 1. The fraction of sp³-hybridized carbons (Fsp3) is 0.0714. The summed E-state index contributed by atoms with van der Waals surface area (Å²) >= 11 is 1.08. The average molecular weight is 320 g/mol. The minimum atomic E-state index is -3.63. The molecule has 0 saturated carbocycles. The molecule has 0 bridgehead atoms. The quantitative estimate of drug-likeness (QED) is 0.774. The molecule has 3 rings (SSSR count). The third-order valence-corrected chi connectivity index (χ3v) is 5.80. The Hall–Kier alpha value is -1.96. The summed E-state index contributed by atoms with van der Waals surface area (Å²) in [4.78, 5) is 4.19. The van der Waals surface area contributed by atoms with Crippen LogP contribution in [0.25, 0.3) is 10.9 Å². The molecule has 0 radical (unpaired) electrons. The Morgan fingerprint density at radius 3 is 2.86 bits per heavy atom. The van der Waals surface area contributed by atoms with Crippen LogP contribution in [-0.4, -0.2) is 18.5 Å². The second-order valence-corrected chi connectivity index (χ2v) is 7.27. The number of aromatic nitrogens is 1. The van der Waals surface area contributed by atoms with Crippen LogP contribution in [0.15, 0.2) is 52.2 Å². The van der Waals surface area contributed by atoms with Crippen LogP contribution in [0.5, 0.6) is 0 Å². The van der Waals surface area contributed by atoms with Gasteiger partial charge in [0.05, 0.1) is 12.1 Å². The molecule has 2 aromatic heterocycles. The highest BCUT2D eigenvalue weighted by Crippen LogP contribution is 2.24. The fourth-order valence-electron chi connectivity index (χ4n) is 1.92. The summed E-state index contributed by atoms with van der Waals surface area (Å²) in [5.41, 5.74) is 1.87. The summed E-state index contributed by atoms with van der Waals surface area (Å²) in [5, 5.41) is 11.5. The minimum Gasteiger partial charge on any atom is -0.392 e. The van der Waals surface area contributed by atoms with Crippen LogP contribution in [0.1, 0.15) is 5.56 Å². The zero-order valence-electron chi connectivity index (χ0n) is 10.9. The van der Waals surface area contributed by atoms with Gasteiger partial charge in [-0.2, -0.15) is 0 Å². The molecule has 7 heteroatoms. The molecule has 0 spiro atoms. The second kappa shape index (κ2) is 5.44. The summed E-state index contributed by atoms with van der Waals surface area (Å²) in [5.74, 6) is 0. The number of pyridine rings is 1. The molecule has 5 nitrogen and oxygen atoms in total. The lowest BCUT2D eigenvalue weighted by molar-refractivity contribution is 0.282. The van der Waals surface area contributed by atoms with Crippen molar-refractivity contribution in [3.8, 4) is 0 Å². The van der Waals surface area contributed by atoms with Gasteiger partial charge >= 0.3 is 0 Å². The van der Waals surface area contributed by atoms with Gasteiger partial charge in [0.15, 0.2) is 0 Å². The first kappa shape index (κ1) is 14.0. The molecule has 108 valence electrons. The standard InChI is InChI=1S/C14H12N2O3S2/c17-8-10-6-14(20-9-10)21(18,19)16-12-3-4-13-11(7-12)2-1-5-15-13/h1-7,9,16-17H,8H2. The first-order chi connectivity index (χ1) is 10.1. The zero-order chi connectivity index (χ0) is 14.9. The van der Waals surface area contributed by atoms with E-state index < -0.39 is 10.0 Å². The van der Waals surface area contributed by atoms with E-state index in [1.54, 1.807) is 35.8 Å². The van der Waals surface area contributed by atoms with Crippen molar-refractivity contribution in [3.63, 3.8) is 0 Å². The van der Waals surface area contributed by atoms with Gasteiger partial charge in [-0.05, 0) is 41.3 Å². The van der Waals surface area contributed by atoms with Gasteiger partial charge < -0.3 is 5.11 Å². The predicted octanol–water partition coefficient (Wildman–Crippen LogP) is 2.59. The highest BCUT2D eigenvalue weighted by Gasteiger charge is 2.17. The summed E-state index contributed by atoms with van der Waals surface area (Å²) < 4.78 is 27.3. The molecule has 0 fully saturated rings. The monoisotopic (exact) mass is 320 g/mol. The zero-order valence-corrected chi connectivity index (χ0v) is 12.5. The van der Waals surface area contributed by atoms with Gasteiger partial charge in [-0.3, -0.25) is 9.71 Å². The molecular weight excluding hydrogens is 308 g/mol. The van der Waals surface area contributed by atoms with Crippen molar-refractivity contribution < 1.29 is 13.5 Å². The van der Waals surface area contributed by atoms with Crippen molar-refractivity contribution in [2.45, 2.75) is 10.8 Å². The Kier molecular flexibility index (Phi) is 3.62. The number of hydrogen-bond acceptors (Lipinski definition) is 5. The Morgan fingerprint density at radius 2 is 2.10 bits per heavy atom. The maximum absolute atomic E-state index is 12.3. The molecule has 0 aliphatic rings. The number of nitrogens with zero attached hydrogens (tertiary/aromatic N) is 1. The van der Waals surface area contributed by atoms with Crippen molar-refractivity contribution in [3.05, 3.63) is 53.5 Å². The van der Waals surface area contributed by atoms with E-state index in [1.165, 1.54) is 6.07 Å². The van der Waals surface area contributed by atoms with Gasteiger partial charge in [0.2, 0.25) is 0 Å². The second-order valence-electron chi connectivity index (χ2n) is 4.45. The number of anilines is 1. The molecule has 21 heavy (non-hydrogen) atoms. The van der Waals surface area contributed by atoms with Gasteiger partial charge in [0.25, 0.3) is 10.0 Å². The first-order valence-corrected chi connectivity index (χ1v) is 8.51. The van der Waals surface area contributed by atoms with E-state index in [4.69, 9.17) is 5.11 Å². The van der Waals surface area contributed by atoms with E-state index in [1.807, 2.05) is 6.07 Å². The Bertz CT molecular complexity index is 888. The molecule has 1 aromatic carbocycles. The fourth-order valence-corrected chi connectivity index (χ4v) is 4.17. The highest BCUT2D eigenvalue weighted by atomic mass is 32.2. The molecule has 2 heterocycles. The van der Waals surface area contributed by atoms with Crippen LogP contribution in [-0.2, 0) is 16.6 Å². The van der Waals surface area contributed by atoms with E-state index in [0.717, 1.165) is 22.2 Å². The van der Waals surface area contributed by atoms with Gasteiger partial charge in [-0.15, -0.1) is 11.3 Å². The number of benzene rings is 1. The first-order valence-electron chi connectivity index (χ1n) is 6.14. The van der Waals surface area contributed by atoms with E-state index in [0.29, 0.717) is 11.3 Å². The van der Waals surface area contributed by atoms with Crippen LogP contribution in [0.3, 0.4) is 0 Å². The topological polar surface area (TPSA) is 79.3 Å². The SMILES string of the molecule is O=S(=O)(Nc1ccc2ncccc2c1)c1cc(CO)cs1. The third-order valence-electron chi connectivity index (χ3n) is 2.93. The number of rotatable bonds is 4. The van der Waals surface area contributed by atoms with Crippen LogP contribution in [0.4, 0.5) is 5.69 Å². The lowest BCUT2D eigenvalue weighted by Gasteiger charge is -2.07.